The molecular weight excluding hydrogens is 448 g/mol. The summed E-state index contributed by atoms with van der Waals surface area (Å²) in [6.07, 6.45) is 0. The number of halogens is 1. The molecule has 0 radical (unpaired) electrons. The Balaban J connectivity index is 1.69. The Hall–Kier alpha value is -2.71. The topological polar surface area (TPSA) is 66.9 Å². The number of ether oxygens (including phenoxy) is 1. The van der Waals surface area contributed by atoms with Crippen molar-refractivity contribution in [3.05, 3.63) is 83.4 Å². The summed E-state index contributed by atoms with van der Waals surface area (Å²) in [6, 6.07) is 21.7. The molecule has 1 fully saturated rings. The molecule has 0 spiro atoms. The minimum Gasteiger partial charge on any atom is -0.379 e. The molecule has 3 aromatic carbocycles. The van der Waals surface area contributed by atoms with Gasteiger partial charge in [0.1, 0.15) is 4.90 Å². The lowest BCUT2D eigenvalue weighted by molar-refractivity contribution is 0.0730. The van der Waals surface area contributed by atoms with Crippen LogP contribution in [0.3, 0.4) is 0 Å². The smallest absolute Gasteiger partial charge is 0.258 e. The lowest BCUT2D eigenvalue weighted by Crippen LogP contribution is -2.40. The van der Waals surface area contributed by atoms with Crippen molar-refractivity contribution in [3.63, 3.8) is 0 Å². The molecule has 0 bridgehead atoms. The molecule has 0 saturated carbocycles. The number of carbonyl (C=O) groups excluding carboxylic acids is 1. The highest BCUT2D eigenvalue weighted by Gasteiger charge is 2.29. The number of sulfonamides is 1. The largest absolute Gasteiger partial charge is 0.379 e. The molecule has 0 aliphatic carbocycles. The molecule has 32 heavy (non-hydrogen) atoms. The number of hydrogen-bond donors (Lipinski definition) is 0. The molecule has 6 nitrogen and oxygen atoms in total. The highest BCUT2D eigenvalue weighted by atomic mass is 35.5. The molecule has 8 heteroatoms. The Morgan fingerprint density at radius 2 is 1.62 bits per heavy atom. The molecule has 1 aliphatic rings. The van der Waals surface area contributed by atoms with Crippen molar-refractivity contribution in [2.24, 2.45) is 0 Å². The van der Waals surface area contributed by atoms with Crippen molar-refractivity contribution < 1.29 is 17.9 Å². The molecule has 1 aliphatic heterocycles. The van der Waals surface area contributed by atoms with E-state index < -0.39 is 10.0 Å². The standard InChI is InChI=1S/C24H23ClN2O4S/c1-26(22-10-6-5-9-20(22)18-7-3-2-4-8-18)24(28)19-11-12-21(25)23(17-19)32(29,30)27-13-15-31-16-14-27/h2-12,17H,13-16H2,1H3. The van der Waals surface area contributed by atoms with Crippen LogP contribution in [-0.2, 0) is 14.8 Å². The van der Waals surface area contributed by atoms with Gasteiger partial charge in [0, 0.05) is 31.3 Å². The molecule has 0 aromatic heterocycles. The number of para-hydroxylation sites is 1. The summed E-state index contributed by atoms with van der Waals surface area (Å²) in [5, 5.41) is 0.0837. The first-order valence-electron chi connectivity index (χ1n) is 10.2. The predicted octanol–water partition coefficient (Wildman–Crippen LogP) is 4.30. The zero-order chi connectivity index (χ0) is 22.7. The summed E-state index contributed by atoms with van der Waals surface area (Å²) in [5.41, 5.74) is 2.84. The van der Waals surface area contributed by atoms with Gasteiger partial charge in [0.15, 0.2) is 0 Å². The molecule has 3 aromatic rings. The Kier molecular flexibility index (Phi) is 6.62. The van der Waals surface area contributed by atoms with Crippen molar-refractivity contribution in [1.29, 1.82) is 0 Å². The second kappa shape index (κ2) is 9.42. The van der Waals surface area contributed by atoms with E-state index in [0.717, 1.165) is 16.8 Å². The third-order valence-corrected chi connectivity index (χ3v) is 7.80. The number of rotatable bonds is 5. The van der Waals surface area contributed by atoms with E-state index in [1.807, 2.05) is 54.6 Å². The van der Waals surface area contributed by atoms with Crippen molar-refractivity contribution in [2.45, 2.75) is 4.90 Å². The fraction of sp³-hybridized carbons (Fsp3) is 0.208. The SMILES string of the molecule is CN(C(=O)c1ccc(Cl)c(S(=O)(=O)N2CCOCC2)c1)c1ccccc1-c1ccccc1. The third-order valence-electron chi connectivity index (χ3n) is 5.42. The lowest BCUT2D eigenvalue weighted by atomic mass is 10.0. The Labute approximate surface area is 193 Å². The average molecular weight is 471 g/mol. The maximum absolute atomic E-state index is 13.3. The fourth-order valence-corrected chi connectivity index (χ4v) is 5.60. The van der Waals surface area contributed by atoms with Crippen molar-refractivity contribution in [2.75, 3.05) is 38.3 Å². The normalized spacial score (nSPS) is 14.8. The van der Waals surface area contributed by atoms with Gasteiger partial charge in [0.05, 0.1) is 23.9 Å². The third kappa shape index (κ3) is 4.42. The highest BCUT2D eigenvalue weighted by molar-refractivity contribution is 7.89. The van der Waals surface area contributed by atoms with Gasteiger partial charge in [0.2, 0.25) is 10.0 Å². The van der Waals surface area contributed by atoms with Crippen LogP contribution in [0.15, 0.2) is 77.7 Å². The second-order valence-electron chi connectivity index (χ2n) is 7.41. The summed E-state index contributed by atoms with van der Waals surface area (Å²) in [6.45, 7) is 1.16. The number of benzene rings is 3. The van der Waals surface area contributed by atoms with E-state index >= 15 is 0 Å². The first-order valence-corrected chi connectivity index (χ1v) is 12.0. The first kappa shape index (κ1) is 22.5. The van der Waals surface area contributed by atoms with Crippen LogP contribution in [0.2, 0.25) is 5.02 Å². The summed E-state index contributed by atoms with van der Waals surface area (Å²) in [4.78, 5) is 14.8. The van der Waals surface area contributed by atoms with Gasteiger partial charge in [-0.3, -0.25) is 4.79 Å². The van der Waals surface area contributed by atoms with Gasteiger partial charge < -0.3 is 9.64 Å². The number of amides is 1. The number of nitrogens with zero attached hydrogens (tertiary/aromatic N) is 2. The van der Waals surface area contributed by atoms with Crippen LogP contribution >= 0.6 is 11.6 Å². The quantitative estimate of drug-likeness (QED) is 0.557. The predicted molar refractivity (Wildman–Crippen MR) is 126 cm³/mol. The first-order chi connectivity index (χ1) is 15.4. The summed E-state index contributed by atoms with van der Waals surface area (Å²) >= 11 is 6.24. The van der Waals surface area contributed by atoms with Crippen LogP contribution in [0.25, 0.3) is 11.1 Å². The van der Waals surface area contributed by atoms with Gasteiger partial charge in [-0.05, 0) is 29.8 Å². The number of carbonyl (C=O) groups is 1. The van der Waals surface area contributed by atoms with Crippen LogP contribution in [0.4, 0.5) is 5.69 Å². The molecule has 0 atom stereocenters. The van der Waals surface area contributed by atoms with Gasteiger partial charge in [0.25, 0.3) is 5.91 Å². The van der Waals surface area contributed by atoms with Crippen LogP contribution < -0.4 is 4.90 Å². The van der Waals surface area contributed by atoms with Crippen molar-refractivity contribution in [1.82, 2.24) is 4.31 Å². The van der Waals surface area contributed by atoms with E-state index in [1.165, 1.54) is 21.3 Å². The minimum absolute atomic E-state index is 0.0725. The molecule has 1 saturated heterocycles. The van der Waals surface area contributed by atoms with Gasteiger partial charge in [-0.15, -0.1) is 0 Å². The van der Waals surface area contributed by atoms with Crippen molar-refractivity contribution >= 4 is 33.2 Å². The Bertz CT molecular complexity index is 1230. The highest BCUT2D eigenvalue weighted by Crippen LogP contribution is 2.32. The van der Waals surface area contributed by atoms with E-state index in [-0.39, 0.29) is 34.5 Å². The van der Waals surface area contributed by atoms with E-state index in [1.54, 1.807) is 13.1 Å². The summed E-state index contributed by atoms with van der Waals surface area (Å²) in [5.74, 6) is -0.330. The van der Waals surface area contributed by atoms with Crippen LogP contribution in [0, 0.1) is 0 Å². The van der Waals surface area contributed by atoms with E-state index in [9.17, 15) is 13.2 Å². The van der Waals surface area contributed by atoms with Gasteiger partial charge in [-0.2, -0.15) is 4.31 Å². The zero-order valence-corrected chi connectivity index (χ0v) is 19.1. The molecular formula is C24H23ClN2O4S. The number of anilines is 1. The summed E-state index contributed by atoms with van der Waals surface area (Å²) < 4.78 is 32.8. The summed E-state index contributed by atoms with van der Waals surface area (Å²) in [7, 11) is -2.16. The Morgan fingerprint density at radius 3 is 2.34 bits per heavy atom. The van der Waals surface area contributed by atoms with E-state index in [2.05, 4.69) is 0 Å². The van der Waals surface area contributed by atoms with Gasteiger partial charge in [-0.1, -0.05) is 60.1 Å². The molecule has 0 unspecified atom stereocenters. The zero-order valence-electron chi connectivity index (χ0n) is 17.6. The number of hydrogen-bond acceptors (Lipinski definition) is 4. The van der Waals surface area contributed by atoms with Crippen molar-refractivity contribution in [3.8, 4) is 11.1 Å². The van der Waals surface area contributed by atoms with Crippen LogP contribution in [0.1, 0.15) is 10.4 Å². The second-order valence-corrected chi connectivity index (χ2v) is 9.72. The number of morpholine rings is 1. The molecule has 4 rings (SSSR count). The van der Waals surface area contributed by atoms with Gasteiger partial charge >= 0.3 is 0 Å². The maximum Gasteiger partial charge on any atom is 0.258 e. The maximum atomic E-state index is 13.3. The van der Waals surface area contributed by atoms with Crippen LogP contribution in [-0.4, -0.2) is 52.0 Å². The molecule has 1 heterocycles. The minimum atomic E-state index is -3.84. The Morgan fingerprint density at radius 1 is 0.969 bits per heavy atom. The molecule has 0 N–H and O–H groups in total. The van der Waals surface area contributed by atoms with E-state index in [4.69, 9.17) is 16.3 Å². The van der Waals surface area contributed by atoms with Gasteiger partial charge in [-0.25, -0.2) is 8.42 Å². The molecule has 1 amide bonds. The average Bonchev–Trinajstić information content (AvgIpc) is 2.84. The van der Waals surface area contributed by atoms with E-state index in [0.29, 0.717) is 13.2 Å². The molecule has 166 valence electrons. The monoisotopic (exact) mass is 470 g/mol. The lowest BCUT2D eigenvalue weighted by Gasteiger charge is -2.27. The van der Waals surface area contributed by atoms with Crippen LogP contribution in [0.5, 0.6) is 0 Å². The fourth-order valence-electron chi connectivity index (χ4n) is 3.69.